The molecule has 0 aliphatic carbocycles. The number of hydrogen-bond donors (Lipinski definition) is 0. The van der Waals surface area contributed by atoms with Crippen LogP contribution in [0.15, 0.2) is 122 Å². The Hall–Kier alpha value is -3.41. The van der Waals surface area contributed by atoms with Gasteiger partial charge in [-0.2, -0.15) is 11.3 Å². The summed E-state index contributed by atoms with van der Waals surface area (Å²) >= 11 is 0.111. The first kappa shape index (κ1) is 31.0. The van der Waals surface area contributed by atoms with Gasteiger partial charge in [-0.3, -0.25) is 0 Å². The van der Waals surface area contributed by atoms with E-state index in [9.17, 15) is 0 Å². The molecular weight excluding hydrogens is 781 g/mol. The van der Waals surface area contributed by atoms with Crippen LogP contribution in [0.5, 0.6) is 0 Å². The SMILES string of the molecule is Cc1ccnc(-c2[c-]ccc3c2sc2cccc(-c4ccccc4)c23)c1.[CH3][Ge]([CH3])([CH3])[c]1ccc(-c2[c-]cccc2)nc1.[Ir]. The number of pyridine rings is 2. The van der Waals surface area contributed by atoms with E-state index in [2.05, 4.69) is 119 Å². The van der Waals surface area contributed by atoms with Crippen molar-refractivity contribution in [3.8, 4) is 33.6 Å². The van der Waals surface area contributed by atoms with Crippen molar-refractivity contribution in [1.29, 1.82) is 0 Å². The fourth-order valence-corrected chi connectivity index (χ4v) is 8.47. The predicted molar refractivity (Wildman–Crippen MR) is 183 cm³/mol. The van der Waals surface area contributed by atoms with Crippen molar-refractivity contribution in [1.82, 2.24) is 9.97 Å². The first-order chi connectivity index (χ1) is 20.4. The van der Waals surface area contributed by atoms with Crippen LogP contribution < -0.4 is 4.40 Å². The summed E-state index contributed by atoms with van der Waals surface area (Å²) in [5.41, 5.74) is 7.90. The molecule has 7 aromatic rings. The van der Waals surface area contributed by atoms with Crippen LogP contribution in [0.4, 0.5) is 0 Å². The maximum absolute atomic E-state index is 4.59. The molecule has 0 fully saturated rings. The van der Waals surface area contributed by atoms with Crippen molar-refractivity contribution in [3.63, 3.8) is 0 Å². The molecule has 4 aromatic carbocycles. The number of rotatable bonds is 4. The van der Waals surface area contributed by atoms with Crippen LogP contribution in [0.25, 0.3) is 53.8 Å². The van der Waals surface area contributed by atoms with Crippen LogP contribution >= 0.6 is 11.3 Å². The molecule has 0 saturated carbocycles. The number of aromatic nitrogens is 2. The maximum atomic E-state index is 4.59. The summed E-state index contributed by atoms with van der Waals surface area (Å²) < 4.78 is 4.00. The third-order valence-corrected chi connectivity index (χ3v) is 12.8. The molecular formula is C38H32GeIrN2S-2. The van der Waals surface area contributed by atoms with Gasteiger partial charge in [-0.25, -0.2) is 0 Å². The quantitative estimate of drug-likeness (QED) is 0.131. The van der Waals surface area contributed by atoms with Gasteiger partial charge in [-0.1, -0.05) is 59.5 Å². The molecule has 0 saturated heterocycles. The van der Waals surface area contributed by atoms with Crippen molar-refractivity contribution >= 4 is 49.2 Å². The van der Waals surface area contributed by atoms with Crippen molar-refractivity contribution in [3.05, 3.63) is 139 Å². The zero-order valence-electron chi connectivity index (χ0n) is 24.7. The van der Waals surface area contributed by atoms with E-state index in [4.69, 9.17) is 0 Å². The van der Waals surface area contributed by atoms with Gasteiger partial charge in [-0.05, 0) is 46.0 Å². The van der Waals surface area contributed by atoms with Gasteiger partial charge in [0.25, 0.3) is 0 Å². The number of fused-ring (bicyclic) bond motifs is 3. The molecule has 0 unspecified atom stereocenters. The Balaban J connectivity index is 0.000000188. The van der Waals surface area contributed by atoms with E-state index in [1.165, 1.54) is 41.3 Å². The Labute approximate surface area is 274 Å². The third-order valence-electron chi connectivity index (χ3n) is 7.33. The molecule has 3 aromatic heterocycles. The van der Waals surface area contributed by atoms with Gasteiger partial charge in [-0.15, -0.1) is 23.8 Å². The number of nitrogens with zero attached hydrogens (tertiary/aromatic N) is 2. The fourth-order valence-electron chi connectivity index (χ4n) is 5.06. The van der Waals surface area contributed by atoms with Crippen molar-refractivity contribution < 1.29 is 20.1 Å². The van der Waals surface area contributed by atoms with Crippen LogP contribution in [0.2, 0.25) is 17.3 Å². The van der Waals surface area contributed by atoms with Gasteiger partial charge < -0.3 is 4.98 Å². The molecule has 0 bridgehead atoms. The molecule has 7 rings (SSSR count). The fraction of sp³-hybridized carbons (Fsp3) is 0.105. The second-order valence-corrected chi connectivity index (χ2v) is 23.1. The molecule has 1 radical (unpaired) electrons. The predicted octanol–water partition coefficient (Wildman–Crippen LogP) is 9.98. The van der Waals surface area contributed by atoms with Crippen molar-refractivity contribution in [2.24, 2.45) is 0 Å². The average molecular weight is 814 g/mol. The second kappa shape index (κ2) is 13.5. The first-order valence-corrected chi connectivity index (χ1v) is 22.3. The summed E-state index contributed by atoms with van der Waals surface area (Å²) in [4.78, 5) is 9.12. The van der Waals surface area contributed by atoms with Crippen LogP contribution in [0.3, 0.4) is 0 Å². The van der Waals surface area contributed by atoms with Crippen molar-refractivity contribution in [2.45, 2.75) is 24.2 Å². The van der Waals surface area contributed by atoms with E-state index < -0.39 is 13.3 Å². The monoisotopic (exact) mass is 815 g/mol. The summed E-state index contributed by atoms with van der Waals surface area (Å²) in [6.07, 6.45) is 3.91. The molecule has 43 heavy (non-hydrogen) atoms. The number of thiophene rings is 1. The molecule has 0 spiro atoms. The molecule has 0 aliphatic rings. The topological polar surface area (TPSA) is 25.8 Å². The van der Waals surface area contributed by atoms with Crippen LogP contribution in [0.1, 0.15) is 5.56 Å². The molecule has 0 atom stereocenters. The maximum Gasteiger partial charge on any atom is 0 e. The van der Waals surface area contributed by atoms with Crippen LogP contribution in [0, 0.1) is 19.1 Å². The van der Waals surface area contributed by atoms with E-state index in [0.717, 1.165) is 22.5 Å². The molecule has 2 nitrogen and oxygen atoms in total. The number of benzene rings is 4. The second-order valence-electron chi connectivity index (χ2n) is 11.4. The number of hydrogen-bond acceptors (Lipinski definition) is 3. The Kier molecular flexibility index (Phi) is 9.73. The largest absolute Gasteiger partial charge is 0 e. The first-order valence-electron chi connectivity index (χ1n) is 14.2. The molecule has 0 N–H and O–H groups in total. The average Bonchev–Trinajstić information content (AvgIpc) is 3.41. The zero-order chi connectivity index (χ0) is 29.1. The third kappa shape index (κ3) is 6.89. The molecule has 5 heteroatoms. The minimum atomic E-state index is -1.72. The van der Waals surface area contributed by atoms with E-state index in [-0.39, 0.29) is 20.1 Å². The summed E-state index contributed by atoms with van der Waals surface area (Å²) in [5.74, 6) is 7.14. The summed E-state index contributed by atoms with van der Waals surface area (Å²) in [6.45, 7) is 2.10. The molecule has 215 valence electrons. The smallest absolute Gasteiger partial charge is 0 e. The Bertz CT molecular complexity index is 1960. The Morgan fingerprint density at radius 3 is 2.23 bits per heavy atom. The standard InChI is InChI=1S/C24H16NS.C14H16GeN.Ir/c1-16-13-14-25-21(15-16)19-10-5-11-20-23-18(17-7-3-2-4-8-17)9-6-12-22(23)26-24(19)20;1-15(2,3)13-9-10-14(16-11-13)12-7-5-4-6-8-12;/h2-9,11-15H,1H3;4-7,9-11H,1-3H3;/q2*-1;. The van der Waals surface area contributed by atoms with Crippen molar-refractivity contribution in [2.75, 3.05) is 0 Å². The molecule has 3 heterocycles. The van der Waals surface area contributed by atoms with E-state index in [1.807, 2.05) is 60.1 Å². The van der Waals surface area contributed by atoms with Gasteiger partial charge in [0.15, 0.2) is 0 Å². The van der Waals surface area contributed by atoms with Crippen LogP contribution in [-0.2, 0) is 20.1 Å². The number of aryl methyl sites for hydroxylation is 1. The summed E-state index contributed by atoms with van der Waals surface area (Å²) in [6, 6.07) is 44.5. The van der Waals surface area contributed by atoms with Gasteiger partial charge >= 0.3 is 99.8 Å². The summed E-state index contributed by atoms with van der Waals surface area (Å²) in [7, 11) is 0. The summed E-state index contributed by atoms with van der Waals surface area (Å²) in [5, 5.41) is 2.60. The molecule has 0 aliphatic heterocycles. The zero-order valence-corrected chi connectivity index (χ0v) is 30.0. The Morgan fingerprint density at radius 1 is 0.721 bits per heavy atom. The van der Waals surface area contributed by atoms with E-state index in [1.54, 1.807) is 0 Å². The van der Waals surface area contributed by atoms with Crippen LogP contribution in [-0.4, -0.2) is 23.2 Å². The minimum Gasteiger partial charge on any atom is 0 e. The minimum absolute atomic E-state index is 0. The van der Waals surface area contributed by atoms with Gasteiger partial charge in [0.05, 0.1) is 0 Å². The van der Waals surface area contributed by atoms with E-state index in [0.29, 0.717) is 0 Å². The normalized spacial score (nSPS) is 11.1. The Morgan fingerprint density at radius 2 is 1.53 bits per heavy atom. The van der Waals surface area contributed by atoms with Gasteiger partial charge in [0, 0.05) is 31.0 Å². The van der Waals surface area contributed by atoms with Gasteiger partial charge in [0.2, 0.25) is 0 Å². The van der Waals surface area contributed by atoms with E-state index >= 15 is 0 Å². The molecule has 0 amide bonds. The van der Waals surface area contributed by atoms with Gasteiger partial charge in [0.1, 0.15) is 0 Å².